The summed E-state index contributed by atoms with van der Waals surface area (Å²) in [6, 6.07) is 3.41. The molecule has 2 N–H and O–H groups in total. The van der Waals surface area contributed by atoms with Gasteiger partial charge in [-0.15, -0.1) is 12.4 Å². The SMILES string of the molecule is CCC(N)C(O[Si](C)(C)C)c1c(F)cccc1F.Cl. The van der Waals surface area contributed by atoms with Gasteiger partial charge in [0.25, 0.3) is 0 Å². The third kappa shape index (κ3) is 5.18. The lowest BCUT2D eigenvalue weighted by Crippen LogP contribution is -2.38. The Morgan fingerprint density at radius 1 is 1.21 bits per heavy atom. The normalized spacial score (nSPS) is 14.7. The minimum Gasteiger partial charge on any atom is -0.409 e. The highest BCUT2D eigenvalue weighted by atomic mass is 35.5. The maximum Gasteiger partial charge on any atom is 0.184 e. The standard InChI is InChI=1S/C13H21F2NOSi.ClH/c1-5-11(16)13(17-18(2,3)4)12-9(14)7-6-8-10(12)15;/h6-8,11,13H,5,16H2,1-4H3;1H. The molecular weight excluding hydrogens is 288 g/mol. The van der Waals surface area contributed by atoms with E-state index >= 15 is 0 Å². The number of hydrogen-bond acceptors (Lipinski definition) is 2. The van der Waals surface area contributed by atoms with Crippen molar-refractivity contribution in [2.45, 2.75) is 45.1 Å². The van der Waals surface area contributed by atoms with Crippen molar-refractivity contribution < 1.29 is 13.2 Å². The first-order valence-corrected chi connectivity index (χ1v) is 9.54. The van der Waals surface area contributed by atoms with Gasteiger partial charge in [-0.2, -0.15) is 0 Å². The van der Waals surface area contributed by atoms with E-state index in [2.05, 4.69) is 0 Å². The van der Waals surface area contributed by atoms with Crippen LogP contribution in [0.3, 0.4) is 0 Å². The Morgan fingerprint density at radius 3 is 2.05 bits per heavy atom. The molecular formula is C13H22ClF2NOSi. The summed E-state index contributed by atoms with van der Waals surface area (Å²) in [4.78, 5) is 0. The molecule has 0 saturated carbocycles. The molecule has 1 aromatic carbocycles. The summed E-state index contributed by atoms with van der Waals surface area (Å²) < 4.78 is 33.5. The molecule has 6 heteroatoms. The largest absolute Gasteiger partial charge is 0.409 e. The van der Waals surface area contributed by atoms with E-state index in [1.165, 1.54) is 18.2 Å². The fourth-order valence-electron chi connectivity index (χ4n) is 1.74. The van der Waals surface area contributed by atoms with Crippen LogP contribution in [-0.4, -0.2) is 14.4 Å². The summed E-state index contributed by atoms with van der Waals surface area (Å²) >= 11 is 0. The van der Waals surface area contributed by atoms with Gasteiger partial charge in [-0.3, -0.25) is 0 Å². The smallest absolute Gasteiger partial charge is 0.184 e. The summed E-state index contributed by atoms with van der Waals surface area (Å²) in [6.45, 7) is 7.80. The highest BCUT2D eigenvalue weighted by molar-refractivity contribution is 6.69. The van der Waals surface area contributed by atoms with Crippen molar-refractivity contribution in [2.24, 2.45) is 5.73 Å². The van der Waals surface area contributed by atoms with Crippen LogP contribution in [0, 0.1) is 11.6 Å². The molecule has 0 bridgehead atoms. The Hall–Kier alpha value is -0.493. The molecule has 2 nitrogen and oxygen atoms in total. The molecule has 2 unspecified atom stereocenters. The quantitative estimate of drug-likeness (QED) is 0.834. The monoisotopic (exact) mass is 309 g/mol. The van der Waals surface area contributed by atoms with Crippen LogP contribution in [0.15, 0.2) is 18.2 Å². The average Bonchev–Trinajstić information content (AvgIpc) is 2.24. The van der Waals surface area contributed by atoms with E-state index in [0.717, 1.165) is 0 Å². The van der Waals surface area contributed by atoms with Gasteiger partial charge in [0.05, 0.1) is 11.7 Å². The van der Waals surface area contributed by atoms with Gasteiger partial charge in [0.1, 0.15) is 11.6 Å². The van der Waals surface area contributed by atoms with Crippen molar-refractivity contribution in [3.8, 4) is 0 Å². The van der Waals surface area contributed by atoms with Crippen LogP contribution in [0.4, 0.5) is 8.78 Å². The van der Waals surface area contributed by atoms with Crippen molar-refractivity contribution in [2.75, 3.05) is 0 Å². The lowest BCUT2D eigenvalue weighted by Gasteiger charge is -2.31. The van der Waals surface area contributed by atoms with Crippen LogP contribution in [0.5, 0.6) is 0 Å². The molecule has 2 atom stereocenters. The van der Waals surface area contributed by atoms with Gasteiger partial charge in [0.2, 0.25) is 0 Å². The topological polar surface area (TPSA) is 35.2 Å². The van der Waals surface area contributed by atoms with E-state index in [1.807, 2.05) is 26.6 Å². The van der Waals surface area contributed by atoms with E-state index in [4.69, 9.17) is 10.2 Å². The predicted molar refractivity (Wildman–Crippen MR) is 79.0 cm³/mol. The van der Waals surface area contributed by atoms with Crippen molar-refractivity contribution in [3.63, 3.8) is 0 Å². The second-order valence-electron chi connectivity index (χ2n) is 5.36. The number of hydrogen-bond donors (Lipinski definition) is 1. The summed E-state index contributed by atoms with van der Waals surface area (Å²) in [7, 11) is -1.94. The van der Waals surface area contributed by atoms with E-state index in [-0.39, 0.29) is 18.0 Å². The lowest BCUT2D eigenvalue weighted by molar-refractivity contribution is 0.154. The Balaban J connectivity index is 0.00000324. The number of rotatable bonds is 5. The minimum absolute atomic E-state index is 0. The van der Waals surface area contributed by atoms with E-state index in [9.17, 15) is 8.78 Å². The molecule has 0 heterocycles. The van der Waals surface area contributed by atoms with Gasteiger partial charge in [-0.25, -0.2) is 8.78 Å². The molecule has 1 aromatic rings. The molecule has 0 aliphatic carbocycles. The first-order valence-electron chi connectivity index (χ1n) is 6.13. The fourth-order valence-corrected chi connectivity index (χ4v) is 2.79. The molecule has 0 radical (unpaired) electrons. The Kier molecular flexibility index (Phi) is 7.14. The Bertz CT molecular complexity index is 392. The molecule has 0 spiro atoms. The van der Waals surface area contributed by atoms with Gasteiger partial charge in [0, 0.05) is 6.04 Å². The predicted octanol–water partition coefficient (Wildman–Crippen LogP) is 4.02. The van der Waals surface area contributed by atoms with Crippen LogP contribution in [0.1, 0.15) is 25.0 Å². The van der Waals surface area contributed by atoms with Crippen LogP contribution < -0.4 is 5.73 Å². The van der Waals surface area contributed by atoms with Gasteiger partial charge in [0.15, 0.2) is 8.32 Å². The van der Waals surface area contributed by atoms with Crippen LogP contribution in [-0.2, 0) is 4.43 Å². The molecule has 0 aliphatic heterocycles. The first kappa shape index (κ1) is 18.5. The molecule has 1 rings (SSSR count). The van der Waals surface area contributed by atoms with Crippen LogP contribution in [0.25, 0.3) is 0 Å². The van der Waals surface area contributed by atoms with Crippen molar-refractivity contribution in [1.29, 1.82) is 0 Å². The molecule has 19 heavy (non-hydrogen) atoms. The summed E-state index contributed by atoms with van der Waals surface area (Å²) in [6.07, 6.45) is -0.119. The average molecular weight is 310 g/mol. The van der Waals surface area contributed by atoms with Crippen molar-refractivity contribution >= 4 is 20.7 Å². The van der Waals surface area contributed by atoms with Crippen LogP contribution in [0.2, 0.25) is 19.6 Å². The second-order valence-corrected chi connectivity index (χ2v) is 9.82. The number of halogens is 3. The summed E-state index contributed by atoms with van der Waals surface area (Å²) in [5.41, 5.74) is 5.91. The third-order valence-electron chi connectivity index (χ3n) is 2.63. The van der Waals surface area contributed by atoms with Crippen molar-refractivity contribution in [1.82, 2.24) is 0 Å². The van der Waals surface area contributed by atoms with E-state index < -0.39 is 32.1 Å². The maximum atomic E-state index is 13.8. The second kappa shape index (κ2) is 7.33. The maximum absolute atomic E-state index is 13.8. The number of nitrogens with two attached hydrogens (primary N) is 1. The molecule has 0 aliphatic rings. The highest BCUT2D eigenvalue weighted by Crippen LogP contribution is 2.30. The van der Waals surface area contributed by atoms with Crippen molar-refractivity contribution in [3.05, 3.63) is 35.4 Å². The Labute approximate surface area is 120 Å². The molecule has 0 saturated heterocycles. The molecule has 0 fully saturated rings. The summed E-state index contributed by atoms with van der Waals surface area (Å²) in [5, 5.41) is 0. The zero-order valence-corrected chi connectivity index (χ0v) is 13.6. The Morgan fingerprint density at radius 2 is 1.68 bits per heavy atom. The minimum atomic E-state index is -1.94. The molecule has 0 amide bonds. The zero-order valence-electron chi connectivity index (χ0n) is 11.7. The van der Waals surface area contributed by atoms with Crippen LogP contribution >= 0.6 is 12.4 Å². The van der Waals surface area contributed by atoms with Gasteiger partial charge < -0.3 is 10.2 Å². The van der Waals surface area contributed by atoms with E-state index in [0.29, 0.717) is 6.42 Å². The lowest BCUT2D eigenvalue weighted by atomic mass is 10.00. The molecule has 110 valence electrons. The summed E-state index contributed by atoms with van der Waals surface area (Å²) in [5.74, 6) is -1.19. The van der Waals surface area contributed by atoms with Gasteiger partial charge in [-0.05, 0) is 38.2 Å². The molecule has 0 aromatic heterocycles. The van der Waals surface area contributed by atoms with Gasteiger partial charge in [-0.1, -0.05) is 13.0 Å². The highest BCUT2D eigenvalue weighted by Gasteiger charge is 2.30. The fraction of sp³-hybridized carbons (Fsp3) is 0.538. The van der Waals surface area contributed by atoms with E-state index in [1.54, 1.807) is 0 Å². The number of benzene rings is 1. The van der Waals surface area contributed by atoms with Gasteiger partial charge >= 0.3 is 0 Å². The third-order valence-corrected chi connectivity index (χ3v) is 3.59. The zero-order chi connectivity index (χ0) is 13.9. The first-order chi connectivity index (χ1) is 8.26.